The van der Waals surface area contributed by atoms with E-state index >= 15 is 0 Å². The fourth-order valence-corrected chi connectivity index (χ4v) is 3.85. The molecule has 7 heteroatoms. The van der Waals surface area contributed by atoms with Crippen LogP contribution in [0.15, 0.2) is 24.3 Å². The van der Waals surface area contributed by atoms with Crippen LogP contribution in [0.2, 0.25) is 0 Å². The maximum absolute atomic E-state index is 13.4. The predicted molar refractivity (Wildman–Crippen MR) is 75.2 cm³/mol. The Morgan fingerprint density at radius 1 is 1.29 bits per heavy atom. The summed E-state index contributed by atoms with van der Waals surface area (Å²) in [6, 6.07) is 2.96. The lowest BCUT2D eigenvalue weighted by atomic mass is 10.1. The molecular formula is C14H15F2NO3S. The van der Waals surface area contributed by atoms with Crippen molar-refractivity contribution in [3.05, 3.63) is 41.5 Å². The highest BCUT2D eigenvalue weighted by molar-refractivity contribution is 7.91. The standard InChI is InChI=1S/C14H15F2NO3S/c15-12-4-1-5-13(16)11(12)6-7-14(18)17-10-3-2-8-21(19,20)9-10/h1,4-7,10H,2-3,8-9H2,(H,17,18)/b7-6+. The molecule has 1 aromatic rings. The monoisotopic (exact) mass is 315 g/mol. The molecule has 0 spiro atoms. The molecule has 21 heavy (non-hydrogen) atoms. The van der Waals surface area contributed by atoms with Gasteiger partial charge in [-0.3, -0.25) is 4.79 Å². The van der Waals surface area contributed by atoms with Crippen LogP contribution in [0.5, 0.6) is 0 Å². The Balaban J connectivity index is 2.00. The predicted octanol–water partition coefficient (Wildman–Crippen LogP) is 1.67. The Morgan fingerprint density at radius 3 is 2.57 bits per heavy atom. The summed E-state index contributed by atoms with van der Waals surface area (Å²) in [4.78, 5) is 11.7. The molecule has 2 rings (SSSR count). The van der Waals surface area contributed by atoms with Crippen LogP contribution in [0, 0.1) is 11.6 Å². The van der Waals surface area contributed by atoms with E-state index < -0.39 is 33.4 Å². The fraction of sp³-hybridized carbons (Fsp3) is 0.357. The Hall–Kier alpha value is -1.76. The van der Waals surface area contributed by atoms with Crippen molar-refractivity contribution in [3.8, 4) is 0 Å². The Labute approximate surface area is 121 Å². The van der Waals surface area contributed by atoms with Gasteiger partial charge in [-0.1, -0.05) is 6.07 Å². The number of nitrogens with one attached hydrogen (secondary N) is 1. The number of carbonyl (C=O) groups excluding carboxylic acids is 1. The molecule has 1 heterocycles. The Kier molecular flexibility index (Phi) is 4.72. The molecule has 1 fully saturated rings. The van der Waals surface area contributed by atoms with Gasteiger partial charge in [0, 0.05) is 17.7 Å². The minimum atomic E-state index is -3.12. The van der Waals surface area contributed by atoms with Crippen molar-refractivity contribution < 1.29 is 22.0 Å². The second kappa shape index (κ2) is 6.34. The average molecular weight is 315 g/mol. The number of amides is 1. The molecule has 1 unspecified atom stereocenters. The van der Waals surface area contributed by atoms with Gasteiger partial charge >= 0.3 is 0 Å². The second-order valence-electron chi connectivity index (χ2n) is 4.93. The normalized spacial score (nSPS) is 21.3. The van der Waals surface area contributed by atoms with Crippen molar-refractivity contribution >= 4 is 21.8 Å². The molecule has 1 amide bonds. The summed E-state index contributed by atoms with van der Waals surface area (Å²) >= 11 is 0. The smallest absolute Gasteiger partial charge is 0.244 e. The molecule has 1 aliphatic rings. The van der Waals surface area contributed by atoms with Gasteiger partial charge in [-0.05, 0) is 31.1 Å². The lowest BCUT2D eigenvalue weighted by Gasteiger charge is -2.22. The van der Waals surface area contributed by atoms with E-state index in [2.05, 4.69) is 5.32 Å². The second-order valence-corrected chi connectivity index (χ2v) is 7.16. The molecule has 1 aliphatic heterocycles. The number of hydrogen-bond donors (Lipinski definition) is 1. The third kappa shape index (κ3) is 4.35. The number of rotatable bonds is 3. The van der Waals surface area contributed by atoms with Gasteiger partial charge in [0.1, 0.15) is 11.6 Å². The lowest BCUT2D eigenvalue weighted by Crippen LogP contribution is -2.42. The Bertz CT molecular complexity index is 651. The van der Waals surface area contributed by atoms with E-state index in [1.807, 2.05) is 0 Å². The molecule has 114 valence electrons. The zero-order chi connectivity index (χ0) is 15.5. The maximum Gasteiger partial charge on any atom is 0.244 e. The largest absolute Gasteiger partial charge is 0.349 e. The van der Waals surface area contributed by atoms with Gasteiger partial charge in [0.2, 0.25) is 5.91 Å². The summed E-state index contributed by atoms with van der Waals surface area (Å²) in [6.07, 6.45) is 3.12. The molecule has 1 saturated heterocycles. The number of hydrogen-bond acceptors (Lipinski definition) is 3. The maximum atomic E-state index is 13.4. The van der Waals surface area contributed by atoms with E-state index in [1.165, 1.54) is 6.07 Å². The zero-order valence-electron chi connectivity index (χ0n) is 11.2. The van der Waals surface area contributed by atoms with Crippen LogP contribution >= 0.6 is 0 Å². The molecule has 1 N–H and O–H groups in total. The van der Waals surface area contributed by atoms with E-state index in [0.717, 1.165) is 24.3 Å². The van der Waals surface area contributed by atoms with Gasteiger partial charge in [-0.15, -0.1) is 0 Å². The van der Waals surface area contributed by atoms with Crippen LogP contribution in [-0.2, 0) is 14.6 Å². The fourth-order valence-electron chi connectivity index (χ4n) is 2.21. The third-order valence-electron chi connectivity index (χ3n) is 3.21. The summed E-state index contributed by atoms with van der Waals surface area (Å²) in [6.45, 7) is 0. The summed E-state index contributed by atoms with van der Waals surface area (Å²) < 4.78 is 49.6. The summed E-state index contributed by atoms with van der Waals surface area (Å²) in [5.74, 6) is -2.06. The van der Waals surface area contributed by atoms with Gasteiger partial charge in [-0.2, -0.15) is 0 Å². The number of benzene rings is 1. The van der Waals surface area contributed by atoms with E-state index in [-0.39, 0.29) is 17.1 Å². The van der Waals surface area contributed by atoms with Gasteiger partial charge in [0.15, 0.2) is 9.84 Å². The average Bonchev–Trinajstić information content (AvgIpc) is 2.36. The van der Waals surface area contributed by atoms with Gasteiger partial charge in [0.25, 0.3) is 0 Å². The molecule has 0 saturated carbocycles. The highest BCUT2D eigenvalue weighted by Crippen LogP contribution is 2.14. The Morgan fingerprint density at radius 2 is 1.95 bits per heavy atom. The highest BCUT2D eigenvalue weighted by atomic mass is 32.2. The van der Waals surface area contributed by atoms with Crippen molar-refractivity contribution in [2.75, 3.05) is 11.5 Å². The van der Waals surface area contributed by atoms with Crippen molar-refractivity contribution in [1.29, 1.82) is 0 Å². The topological polar surface area (TPSA) is 63.2 Å². The van der Waals surface area contributed by atoms with E-state index in [0.29, 0.717) is 12.8 Å². The van der Waals surface area contributed by atoms with Crippen LogP contribution in [0.1, 0.15) is 18.4 Å². The number of halogens is 2. The van der Waals surface area contributed by atoms with Crippen molar-refractivity contribution in [2.24, 2.45) is 0 Å². The molecule has 1 atom stereocenters. The van der Waals surface area contributed by atoms with Crippen molar-refractivity contribution in [2.45, 2.75) is 18.9 Å². The summed E-state index contributed by atoms with van der Waals surface area (Å²) in [7, 11) is -3.12. The van der Waals surface area contributed by atoms with Gasteiger partial charge < -0.3 is 5.32 Å². The first-order valence-corrected chi connectivity index (χ1v) is 8.32. The lowest BCUT2D eigenvalue weighted by molar-refractivity contribution is -0.117. The minimum absolute atomic E-state index is 0.0966. The van der Waals surface area contributed by atoms with Crippen LogP contribution < -0.4 is 5.32 Å². The number of sulfone groups is 1. The molecular weight excluding hydrogens is 300 g/mol. The van der Waals surface area contributed by atoms with Crippen LogP contribution in [0.25, 0.3) is 6.08 Å². The minimum Gasteiger partial charge on any atom is -0.349 e. The first kappa shape index (κ1) is 15.6. The third-order valence-corrected chi connectivity index (χ3v) is 5.03. The molecule has 0 aromatic heterocycles. The first-order chi connectivity index (χ1) is 9.87. The molecule has 0 bridgehead atoms. The van der Waals surface area contributed by atoms with Gasteiger partial charge in [-0.25, -0.2) is 17.2 Å². The van der Waals surface area contributed by atoms with Crippen molar-refractivity contribution in [1.82, 2.24) is 5.32 Å². The van der Waals surface area contributed by atoms with Crippen LogP contribution in [-0.4, -0.2) is 31.9 Å². The van der Waals surface area contributed by atoms with E-state index in [1.54, 1.807) is 0 Å². The van der Waals surface area contributed by atoms with Crippen LogP contribution in [0.4, 0.5) is 8.78 Å². The molecule has 1 aromatic carbocycles. The zero-order valence-corrected chi connectivity index (χ0v) is 12.0. The quantitative estimate of drug-likeness (QED) is 0.863. The first-order valence-electron chi connectivity index (χ1n) is 6.50. The van der Waals surface area contributed by atoms with E-state index in [4.69, 9.17) is 0 Å². The molecule has 0 aliphatic carbocycles. The van der Waals surface area contributed by atoms with Crippen LogP contribution in [0.3, 0.4) is 0 Å². The van der Waals surface area contributed by atoms with E-state index in [9.17, 15) is 22.0 Å². The highest BCUT2D eigenvalue weighted by Gasteiger charge is 2.25. The molecule has 0 radical (unpaired) electrons. The van der Waals surface area contributed by atoms with Crippen molar-refractivity contribution in [3.63, 3.8) is 0 Å². The van der Waals surface area contributed by atoms with Gasteiger partial charge in [0.05, 0.1) is 11.5 Å². The SMILES string of the molecule is O=C(/C=C/c1c(F)cccc1F)NC1CCCS(=O)(=O)C1. The molecule has 4 nitrogen and oxygen atoms in total. The summed E-state index contributed by atoms with van der Waals surface area (Å²) in [5.41, 5.74) is -0.302. The number of carbonyl (C=O) groups is 1. The summed E-state index contributed by atoms with van der Waals surface area (Å²) in [5, 5.41) is 2.53.